The summed E-state index contributed by atoms with van der Waals surface area (Å²) < 4.78 is 1.58. The highest BCUT2D eigenvalue weighted by molar-refractivity contribution is 5.52. The van der Waals surface area contributed by atoms with E-state index < -0.39 is 4.92 Å². The summed E-state index contributed by atoms with van der Waals surface area (Å²) in [4.78, 5) is 13.9. The van der Waals surface area contributed by atoms with E-state index in [0.717, 1.165) is 6.42 Å². The molecule has 1 aromatic rings. The van der Waals surface area contributed by atoms with Gasteiger partial charge in [-0.3, -0.25) is 4.57 Å². The van der Waals surface area contributed by atoms with E-state index in [1.807, 2.05) is 6.92 Å². The Hall–Kier alpha value is -1.63. The zero-order chi connectivity index (χ0) is 12.1. The van der Waals surface area contributed by atoms with Gasteiger partial charge in [-0.2, -0.15) is 0 Å². The third-order valence-corrected chi connectivity index (χ3v) is 2.27. The second-order valence-corrected chi connectivity index (χ2v) is 3.70. The van der Waals surface area contributed by atoms with Crippen molar-refractivity contribution in [2.75, 3.05) is 11.9 Å². The first-order valence-electron chi connectivity index (χ1n) is 5.09. The van der Waals surface area contributed by atoms with Gasteiger partial charge in [-0.05, 0) is 29.7 Å². The van der Waals surface area contributed by atoms with Gasteiger partial charge in [0.1, 0.15) is 0 Å². The van der Waals surface area contributed by atoms with Crippen molar-refractivity contribution in [3.8, 4) is 0 Å². The standard InChI is InChI=1S/C9H16N4O3/c1-7(4-3-5-14)11-9-8(13(15)16)10-6-12(9)2/h6-7,11,14H,3-5H2,1-2H3. The van der Waals surface area contributed by atoms with Crippen molar-refractivity contribution in [3.05, 3.63) is 16.4 Å². The maximum Gasteiger partial charge on any atom is 0.406 e. The second kappa shape index (κ2) is 5.45. The summed E-state index contributed by atoms with van der Waals surface area (Å²) in [5.41, 5.74) is 0. The molecule has 7 heteroatoms. The summed E-state index contributed by atoms with van der Waals surface area (Å²) in [7, 11) is 1.70. The monoisotopic (exact) mass is 228 g/mol. The second-order valence-electron chi connectivity index (χ2n) is 3.70. The van der Waals surface area contributed by atoms with Gasteiger partial charge in [0, 0.05) is 19.7 Å². The summed E-state index contributed by atoms with van der Waals surface area (Å²) >= 11 is 0. The van der Waals surface area contributed by atoms with Crippen LogP contribution in [0.4, 0.5) is 11.6 Å². The minimum atomic E-state index is -0.513. The molecule has 1 aromatic heterocycles. The quantitative estimate of drug-likeness (QED) is 0.557. The molecular weight excluding hydrogens is 212 g/mol. The van der Waals surface area contributed by atoms with Crippen LogP contribution in [-0.4, -0.2) is 32.2 Å². The Morgan fingerprint density at radius 2 is 2.44 bits per heavy atom. The third kappa shape index (κ3) is 2.93. The van der Waals surface area contributed by atoms with Crippen LogP contribution < -0.4 is 5.32 Å². The first-order chi connectivity index (χ1) is 7.56. The normalized spacial score (nSPS) is 12.4. The van der Waals surface area contributed by atoms with Gasteiger partial charge in [0.05, 0.1) is 0 Å². The van der Waals surface area contributed by atoms with Crippen molar-refractivity contribution < 1.29 is 10.0 Å². The summed E-state index contributed by atoms with van der Waals surface area (Å²) in [6.07, 6.45) is 2.82. The Kier molecular flexibility index (Phi) is 4.24. The van der Waals surface area contributed by atoms with Crippen molar-refractivity contribution >= 4 is 11.6 Å². The molecule has 0 aliphatic rings. The first-order valence-corrected chi connectivity index (χ1v) is 5.09. The molecule has 1 unspecified atom stereocenters. The number of hydrogen-bond acceptors (Lipinski definition) is 5. The van der Waals surface area contributed by atoms with Gasteiger partial charge in [0.2, 0.25) is 12.1 Å². The van der Waals surface area contributed by atoms with E-state index in [1.54, 1.807) is 11.6 Å². The fourth-order valence-corrected chi connectivity index (χ4v) is 1.42. The Labute approximate surface area is 93.3 Å². The molecule has 1 rings (SSSR count). The van der Waals surface area contributed by atoms with Crippen molar-refractivity contribution in [2.24, 2.45) is 7.05 Å². The van der Waals surface area contributed by atoms with Crippen molar-refractivity contribution in [1.82, 2.24) is 9.55 Å². The number of nitrogens with one attached hydrogen (secondary N) is 1. The molecule has 0 fully saturated rings. The number of anilines is 1. The minimum Gasteiger partial charge on any atom is -0.396 e. The number of nitrogens with zero attached hydrogens (tertiary/aromatic N) is 3. The van der Waals surface area contributed by atoms with Crippen LogP contribution >= 0.6 is 0 Å². The molecule has 90 valence electrons. The Morgan fingerprint density at radius 1 is 1.75 bits per heavy atom. The van der Waals surface area contributed by atoms with E-state index in [1.165, 1.54) is 6.33 Å². The van der Waals surface area contributed by atoms with Gasteiger partial charge in [0.15, 0.2) is 0 Å². The number of rotatable bonds is 6. The SMILES string of the molecule is CC(CCCO)Nc1c([N+](=O)[O-])ncn1C. The number of aromatic nitrogens is 2. The zero-order valence-corrected chi connectivity index (χ0v) is 9.38. The summed E-state index contributed by atoms with van der Waals surface area (Å²) in [5, 5.41) is 22.4. The molecule has 7 nitrogen and oxygen atoms in total. The van der Waals surface area contributed by atoms with E-state index in [2.05, 4.69) is 10.3 Å². The average molecular weight is 228 g/mol. The van der Waals surface area contributed by atoms with Crippen molar-refractivity contribution in [1.29, 1.82) is 0 Å². The highest BCUT2D eigenvalue weighted by atomic mass is 16.6. The van der Waals surface area contributed by atoms with E-state index in [4.69, 9.17) is 5.11 Å². The van der Waals surface area contributed by atoms with Crippen LogP contribution in [0.5, 0.6) is 0 Å². The van der Waals surface area contributed by atoms with Crippen molar-refractivity contribution in [3.63, 3.8) is 0 Å². The fourth-order valence-electron chi connectivity index (χ4n) is 1.42. The number of nitro groups is 1. The number of aliphatic hydroxyl groups is 1. The van der Waals surface area contributed by atoms with E-state index in [9.17, 15) is 10.1 Å². The van der Waals surface area contributed by atoms with Crippen LogP contribution in [-0.2, 0) is 7.05 Å². The van der Waals surface area contributed by atoms with Gasteiger partial charge < -0.3 is 20.5 Å². The van der Waals surface area contributed by atoms with Gasteiger partial charge in [-0.15, -0.1) is 0 Å². The molecule has 0 aromatic carbocycles. The predicted octanol–water partition coefficient (Wildman–Crippen LogP) is 0.901. The van der Waals surface area contributed by atoms with Crippen LogP contribution in [0.3, 0.4) is 0 Å². The first kappa shape index (κ1) is 12.4. The number of imidazole rings is 1. The summed E-state index contributed by atoms with van der Waals surface area (Å²) in [6.45, 7) is 2.03. The lowest BCUT2D eigenvalue weighted by Crippen LogP contribution is -2.18. The van der Waals surface area contributed by atoms with Crippen LogP contribution in [0.1, 0.15) is 19.8 Å². The summed E-state index contributed by atoms with van der Waals surface area (Å²) in [6, 6.07) is 0.0567. The highest BCUT2D eigenvalue weighted by Gasteiger charge is 2.20. The molecule has 0 spiro atoms. The topological polar surface area (TPSA) is 93.2 Å². The van der Waals surface area contributed by atoms with Crippen molar-refractivity contribution in [2.45, 2.75) is 25.8 Å². The lowest BCUT2D eigenvalue weighted by molar-refractivity contribution is -0.388. The van der Waals surface area contributed by atoms with Gasteiger partial charge >= 0.3 is 5.82 Å². The maximum atomic E-state index is 10.7. The molecule has 1 atom stereocenters. The molecule has 0 radical (unpaired) electrons. The zero-order valence-electron chi connectivity index (χ0n) is 9.38. The van der Waals surface area contributed by atoms with E-state index in [0.29, 0.717) is 12.2 Å². The Bertz CT molecular complexity index is 364. The van der Waals surface area contributed by atoms with Crippen LogP contribution in [0.15, 0.2) is 6.33 Å². The fraction of sp³-hybridized carbons (Fsp3) is 0.667. The molecule has 1 heterocycles. The van der Waals surface area contributed by atoms with Gasteiger partial charge in [-0.1, -0.05) is 0 Å². The lowest BCUT2D eigenvalue weighted by Gasteiger charge is -2.13. The molecule has 0 bridgehead atoms. The lowest BCUT2D eigenvalue weighted by atomic mass is 10.2. The molecule has 0 aliphatic heterocycles. The number of aryl methyl sites for hydroxylation is 1. The largest absolute Gasteiger partial charge is 0.406 e. The Balaban J connectivity index is 2.71. The van der Waals surface area contributed by atoms with Gasteiger partial charge in [-0.25, -0.2) is 0 Å². The minimum absolute atomic E-state index is 0.0567. The predicted molar refractivity (Wildman–Crippen MR) is 59.3 cm³/mol. The molecule has 0 saturated heterocycles. The summed E-state index contributed by atoms with van der Waals surface area (Å²) in [5.74, 6) is 0.230. The maximum absolute atomic E-state index is 10.7. The Morgan fingerprint density at radius 3 is 3.00 bits per heavy atom. The molecule has 0 amide bonds. The molecule has 0 aliphatic carbocycles. The van der Waals surface area contributed by atoms with E-state index in [-0.39, 0.29) is 18.5 Å². The highest BCUT2D eigenvalue weighted by Crippen LogP contribution is 2.22. The van der Waals surface area contributed by atoms with Crippen LogP contribution in [0.25, 0.3) is 0 Å². The van der Waals surface area contributed by atoms with E-state index >= 15 is 0 Å². The molecular formula is C9H16N4O3. The average Bonchev–Trinajstić information content (AvgIpc) is 2.58. The molecule has 16 heavy (non-hydrogen) atoms. The number of hydrogen-bond donors (Lipinski definition) is 2. The smallest absolute Gasteiger partial charge is 0.396 e. The molecule has 0 saturated carbocycles. The van der Waals surface area contributed by atoms with Crippen LogP contribution in [0.2, 0.25) is 0 Å². The molecule has 2 N–H and O–H groups in total. The number of aliphatic hydroxyl groups excluding tert-OH is 1. The van der Waals surface area contributed by atoms with Crippen LogP contribution in [0, 0.1) is 10.1 Å². The van der Waals surface area contributed by atoms with Gasteiger partial charge in [0.25, 0.3) is 0 Å². The third-order valence-electron chi connectivity index (χ3n) is 2.27.